The lowest BCUT2D eigenvalue weighted by Crippen LogP contribution is -2.45. The molecule has 2 heterocycles. The van der Waals surface area contributed by atoms with E-state index in [0.29, 0.717) is 34.2 Å². The van der Waals surface area contributed by atoms with Gasteiger partial charge in [-0.2, -0.15) is 0 Å². The highest BCUT2D eigenvalue weighted by Gasteiger charge is 2.35. The first-order valence-electron chi connectivity index (χ1n) is 9.84. The first-order chi connectivity index (χ1) is 15.6. The smallest absolute Gasteiger partial charge is 0.481 e. The van der Waals surface area contributed by atoms with Crippen molar-refractivity contribution in [2.45, 2.75) is 20.2 Å². The van der Waals surface area contributed by atoms with Crippen LogP contribution in [-0.2, 0) is 0 Å². The third kappa shape index (κ3) is 4.41. The van der Waals surface area contributed by atoms with Gasteiger partial charge in [-0.1, -0.05) is 0 Å². The molecule has 4 rings (SSSR count). The maximum atomic E-state index is 13.7. The van der Waals surface area contributed by atoms with Crippen molar-refractivity contribution in [2.75, 3.05) is 23.6 Å². The van der Waals surface area contributed by atoms with Crippen LogP contribution in [0.4, 0.5) is 34.6 Å². The van der Waals surface area contributed by atoms with Crippen molar-refractivity contribution in [2.24, 2.45) is 0 Å². The number of methoxy groups -OCH3 is 1. The first-order valence-corrected chi connectivity index (χ1v) is 9.84. The molecule has 1 aliphatic heterocycles. The van der Waals surface area contributed by atoms with Gasteiger partial charge < -0.3 is 14.4 Å². The Bertz CT molecular complexity index is 1230. The van der Waals surface area contributed by atoms with E-state index >= 15 is 0 Å². The van der Waals surface area contributed by atoms with Gasteiger partial charge in [0.15, 0.2) is 0 Å². The highest BCUT2D eigenvalue weighted by Crippen LogP contribution is 2.40. The van der Waals surface area contributed by atoms with Gasteiger partial charge in [0.05, 0.1) is 29.7 Å². The van der Waals surface area contributed by atoms with E-state index < -0.39 is 23.8 Å². The minimum absolute atomic E-state index is 0.00180. The number of carbonyl (C=O) groups excluding carboxylic acids is 1. The van der Waals surface area contributed by atoms with Gasteiger partial charge in [-0.15, -0.1) is 13.2 Å². The molecule has 3 aromatic rings. The number of nitrogens with zero attached hydrogens (tertiary/aromatic N) is 3. The second-order valence-corrected chi connectivity index (χ2v) is 7.42. The van der Waals surface area contributed by atoms with Gasteiger partial charge in [0, 0.05) is 11.8 Å². The molecule has 0 spiro atoms. The van der Waals surface area contributed by atoms with Crippen LogP contribution in [0.15, 0.2) is 48.5 Å². The fraction of sp³-hybridized carbons (Fsp3) is 0.217. The summed E-state index contributed by atoms with van der Waals surface area (Å²) in [6.07, 6.45) is -4.91. The SMILES string of the molecule is COc1ccc(N2CN(c3ccc(F)cc3C)c3ccc(OC(F)(F)F)cc3C2=O)c(C)n1. The largest absolute Gasteiger partial charge is 0.573 e. The third-order valence-corrected chi connectivity index (χ3v) is 5.23. The number of anilines is 3. The Balaban J connectivity index is 1.86. The second kappa shape index (κ2) is 8.27. The molecule has 172 valence electrons. The number of aryl methyl sites for hydroxylation is 2. The molecule has 0 bridgehead atoms. The van der Waals surface area contributed by atoms with Crippen LogP contribution in [0.2, 0.25) is 0 Å². The van der Waals surface area contributed by atoms with Gasteiger partial charge in [-0.3, -0.25) is 9.69 Å². The molecule has 0 saturated heterocycles. The summed E-state index contributed by atoms with van der Waals surface area (Å²) in [4.78, 5) is 20.8. The minimum atomic E-state index is -4.91. The van der Waals surface area contributed by atoms with Gasteiger partial charge in [0.2, 0.25) is 5.88 Å². The summed E-state index contributed by atoms with van der Waals surface area (Å²) >= 11 is 0. The van der Waals surface area contributed by atoms with E-state index in [4.69, 9.17) is 4.74 Å². The topological polar surface area (TPSA) is 54.9 Å². The summed E-state index contributed by atoms with van der Waals surface area (Å²) in [6.45, 7) is 3.43. The summed E-state index contributed by atoms with van der Waals surface area (Å²) in [7, 11) is 1.46. The average Bonchev–Trinajstić information content (AvgIpc) is 2.74. The Hall–Kier alpha value is -3.82. The maximum Gasteiger partial charge on any atom is 0.573 e. The van der Waals surface area contributed by atoms with Crippen LogP contribution < -0.4 is 19.3 Å². The molecular formula is C23H19F4N3O3. The minimum Gasteiger partial charge on any atom is -0.481 e. The number of hydrogen-bond acceptors (Lipinski definition) is 5. The Morgan fingerprint density at radius 2 is 1.64 bits per heavy atom. The van der Waals surface area contributed by atoms with E-state index in [1.54, 1.807) is 36.9 Å². The summed E-state index contributed by atoms with van der Waals surface area (Å²) in [5, 5.41) is 0. The van der Waals surface area contributed by atoms with Crippen LogP contribution in [0.25, 0.3) is 0 Å². The van der Waals surface area contributed by atoms with E-state index in [-0.39, 0.29) is 12.2 Å². The number of benzene rings is 2. The number of rotatable bonds is 4. The lowest BCUT2D eigenvalue weighted by Gasteiger charge is -2.39. The van der Waals surface area contributed by atoms with Crippen LogP contribution in [0.3, 0.4) is 0 Å². The molecule has 0 saturated carbocycles. The van der Waals surface area contributed by atoms with Crippen molar-refractivity contribution in [3.05, 3.63) is 71.2 Å². The van der Waals surface area contributed by atoms with Crippen LogP contribution in [0, 0.1) is 19.7 Å². The molecule has 0 unspecified atom stereocenters. The lowest BCUT2D eigenvalue weighted by atomic mass is 10.0. The number of halogens is 4. The number of carbonyl (C=O) groups is 1. The Labute approximate surface area is 187 Å². The Morgan fingerprint density at radius 3 is 2.27 bits per heavy atom. The number of alkyl halides is 3. The van der Waals surface area contributed by atoms with Gasteiger partial charge in [-0.05, 0) is 61.9 Å². The van der Waals surface area contributed by atoms with Crippen molar-refractivity contribution < 1.29 is 31.8 Å². The molecule has 2 aromatic carbocycles. The van der Waals surface area contributed by atoms with Gasteiger partial charge in [0.1, 0.15) is 18.2 Å². The van der Waals surface area contributed by atoms with E-state index in [9.17, 15) is 22.4 Å². The third-order valence-electron chi connectivity index (χ3n) is 5.23. The zero-order valence-corrected chi connectivity index (χ0v) is 17.9. The molecule has 0 atom stereocenters. The fourth-order valence-corrected chi connectivity index (χ4v) is 3.79. The highest BCUT2D eigenvalue weighted by atomic mass is 19.4. The van der Waals surface area contributed by atoms with Crippen LogP contribution in [-0.4, -0.2) is 31.0 Å². The van der Waals surface area contributed by atoms with Crippen molar-refractivity contribution in [3.8, 4) is 11.6 Å². The number of amides is 1. The molecule has 0 radical (unpaired) electrons. The lowest BCUT2D eigenvalue weighted by molar-refractivity contribution is -0.274. The summed E-state index contributed by atoms with van der Waals surface area (Å²) < 4.78 is 61.2. The zero-order valence-electron chi connectivity index (χ0n) is 17.9. The van der Waals surface area contributed by atoms with E-state index in [2.05, 4.69) is 9.72 Å². The Kier molecular flexibility index (Phi) is 5.61. The van der Waals surface area contributed by atoms with E-state index in [0.717, 1.165) is 12.1 Å². The second-order valence-electron chi connectivity index (χ2n) is 7.42. The standard InChI is InChI=1S/C23H19F4N3O3/c1-13-10-15(24)4-6-18(13)29-12-30(19-8-9-21(32-3)28-14(19)2)22(31)17-11-16(5-7-20(17)29)33-23(25,26)27/h4-11H,12H2,1-3H3. The molecule has 10 heteroatoms. The van der Waals surface area contributed by atoms with E-state index in [1.807, 2.05) is 0 Å². The molecule has 0 fully saturated rings. The summed E-state index contributed by atoms with van der Waals surface area (Å²) in [5.74, 6) is -1.11. The van der Waals surface area contributed by atoms with Crippen LogP contribution in [0.1, 0.15) is 21.6 Å². The number of fused-ring (bicyclic) bond motifs is 1. The molecule has 1 aliphatic rings. The van der Waals surface area contributed by atoms with Crippen molar-refractivity contribution >= 4 is 23.0 Å². The monoisotopic (exact) mass is 461 g/mol. The molecule has 0 N–H and O–H groups in total. The molecule has 1 aromatic heterocycles. The number of aromatic nitrogens is 1. The molecule has 0 aliphatic carbocycles. The van der Waals surface area contributed by atoms with Crippen molar-refractivity contribution in [1.29, 1.82) is 0 Å². The molecule has 6 nitrogen and oxygen atoms in total. The van der Waals surface area contributed by atoms with Gasteiger partial charge >= 0.3 is 6.36 Å². The fourth-order valence-electron chi connectivity index (χ4n) is 3.79. The summed E-state index contributed by atoms with van der Waals surface area (Å²) in [5.41, 5.74) is 2.51. The number of ether oxygens (including phenoxy) is 2. The number of pyridine rings is 1. The van der Waals surface area contributed by atoms with Crippen molar-refractivity contribution in [1.82, 2.24) is 4.98 Å². The Morgan fingerprint density at radius 1 is 0.939 bits per heavy atom. The highest BCUT2D eigenvalue weighted by molar-refractivity contribution is 6.13. The average molecular weight is 461 g/mol. The maximum absolute atomic E-state index is 13.7. The van der Waals surface area contributed by atoms with E-state index in [1.165, 1.54) is 30.2 Å². The molecular weight excluding hydrogens is 442 g/mol. The first kappa shape index (κ1) is 22.4. The molecule has 33 heavy (non-hydrogen) atoms. The normalized spacial score (nSPS) is 13.7. The quantitative estimate of drug-likeness (QED) is 0.481. The van der Waals surface area contributed by atoms with Crippen LogP contribution in [0.5, 0.6) is 11.6 Å². The predicted octanol–water partition coefficient (Wildman–Crippen LogP) is 5.50. The summed E-state index contributed by atoms with van der Waals surface area (Å²) in [6, 6.07) is 11.0. The van der Waals surface area contributed by atoms with Gasteiger partial charge in [-0.25, -0.2) is 9.37 Å². The predicted molar refractivity (Wildman–Crippen MR) is 114 cm³/mol. The van der Waals surface area contributed by atoms with Crippen molar-refractivity contribution in [3.63, 3.8) is 0 Å². The zero-order chi connectivity index (χ0) is 23.9. The number of hydrogen-bond donors (Lipinski definition) is 0. The van der Waals surface area contributed by atoms with Gasteiger partial charge in [0.25, 0.3) is 5.91 Å². The molecule has 1 amide bonds. The van der Waals surface area contributed by atoms with Crippen LogP contribution >= 0.6 is 0 Å².